The summed E-state index contributed by atoms with van der Waals surface area (Å²) in [5.74, 6) is -0.799. The second-order valence-electron chi connectivity index (χ2n) is 3.98. The topological polar surface area (TPSA) is 91.5 Å². The molecule has 0 saturated heterocycles. The van der Waals surface area contributed by atoms with Crippen molar-refractivity contribution >= 4 is 34.5 Å². The van der Waals surface area contributed by atoms with Crippen molar-refractivity contribution in [2.75, 3.05) is 12.5 Å². The highest BCUT2D eigenvalue weighted by Crippen LogP contribution is 2.30. The third-order valence-corrected chi connectivity index (χ3v) is 3.51. The van der Waals surface area contributed by atoms with Crippen LogP contribution in [0.25, 0.3) is 0 Å². The number of thiophene rings is 1. The van der Waals surface area contributed by atoms with E-state index in [4.69, 9.17) is 5.26 Å². The summed E-state index contributed by atoms with van der Waals surface area (Å²) in [5.41, 5.74) is 2.84. The van der Waals surface area contributed by atoms with Gasteiger partial charge >= 0.3 is 5.97 Å². The highest BCUT2D eigenvalue weighted by molar-refractivity contribution is 7.12. The molecule has 0 radical (unpaired) electrons. The molecule has 7 heteroatoms. The van der Waals surface area contributed by atoms with E-state index in [1.165, 1.54) is 18.4 Å². The van der Waals surface area contributed by atoms with E-state index in [0.29, 0.717) is 10.6 Å². The molecule has 0 bridgehead atoms. The normalized spacial score (nSPS) is 14.6. The van der Waals surface area contributed by atoms with Gasteiger partial charge in [-0.3, -0.25) is 10.2 Å². The second-order valence-corrected chi connectivity index (χ2v) is 4.89. The van der Waals surface area contributed by atoms with Crippen molar-refractivity contribution in [1.82, 2.24) is 0 Å². The molecular formula is C12H11N3O3S. The number of nitriles is 1. The number of carbonyl (C=O) groups is 2. The van der Waals surface area contributed by atoms with Gasteiger partial charge in [-0.05, 0) is 24.3 Å². The molecule has 2 rings (SSSR count). The first kappa shape index (κ1) is 13.2. The molecule has 0 aliphatic heterocycles. The van der Waals surface area contributed by atoms with E-state index in [-0.39, 0.29) is 17.4 Å². The molecular weight excluding hydrogens is 266 g/mol. The Labute approximate surface area is 113 Å². The maximum Gasteiger partial charge on any atom is 0.350 e. The second kappa shape index (κ2) is 5.63. The van der Waals surface area contributed by atoms with Gasteiger partial charge in [-0.1, -0.05) is 0 Å². The Kier molecular flexibility index (Phi) is 3.92. The quantitative estimate of drug-likeness (QED) is 0.503. The molecule has 1 N–H and O–H groups in total. The fourth-order valence-corrected chi connectivity index (χ4v) is 2.20. The Balaban J connectivity index is 2.12. The first-order valence-corrected chi connectivity index (χ1v) is 6.49. The number of nitrogens with zero attached hydrogens (tertiary/aromatic N) is 2. The average molecular weight is 277 g/mol. The lowest BCUT2D eigenvalue weighted by molar-refractivity contribution is -0.113. The molecule has 0 aromatic carbocycles. The molecule has 98 valence electrons. The van der Waals surface area contributed by atoms with E-state index in [9.17, 15) is 9.59 Å². The van der Waals surface area contributed by atoms with Gasteiger partial charge in [0, 0.05) is 5.92 Å². The van der Waals surface area contributed by atoms with Gasteiger partial charge in [0.2, 0.25) is 5.71 Å². The number of rotatable bonds is 5. The summed E-state index contributed by atoms with van der Waals surface area (Å²) >= 11 is 1.19. The number of carbonyl (C=O) groups excluding carboxylic acids is 2. The van der Waals surface area contributed by atoms with Crippen LogP contribution in [0, 0.1) is 17.2 Å². The lowest BCUT2D eigenvalue weighted by Gasteiger charge is -2.01. The predicted octanol–water partition coefficient (Wildman–Crippen LogP) is 1.81. The third kappa shape index (κ3) is 2.98. The van der Waals surface area contributed by atoms with Crippen molar-refractivity contribution < 1.29 is 14.3 Å². The molecule has 1 aromatic rings. The zero-order chi connectivity index (χ0) is 13.8. The Morgan fingerprint density at radius 2 is 2.32 bits per heavy atom. The zero-order valence-corrected chi connectivity index (χ0v) is 11.0. The van der Waals surface area contributed by atoms with Gasteiger partial charge in [0.25, 0.3) is 0 Å². The van der Waals surface area contributed by atoms with Gasteiger partial charge in [-0.15, -0.1) is 11.3 Å². The minimum Gasteiger partial charge on any atom is -0.465 e. The lowest BCUT2D eigenvalue weighted by Crippen LogP contribution is -2.15. The Morgan fingerprint density at radius 1 is 1.58 bits per heavy atom. The van der Waals surface area contributed by atoms with Crippen LogP contribution in [0.3, 0.4) is 0 Å². The maximum atomic E-state index is 11.7. The van der Waals surface area contributed by atoms with Crippen LogP contribution in [0.5, 0.6) is 0 Å². The van der Waals surface area contributed by atoms with E-state index in [0.717, 1.165) is 12.8 Å². The van der Waals surface area contributed by atoms with Crippen LogP contribution in [0.15, 0.2) is 16.5 Å². The van der Waals surface area contributed by atoms with Crippen LogP contribution >= 0.6 is 11.3 Å². The van der Waals surface area contributed by atoms with Gasteiger partial charge < -0.3 is 4.74 Å². The van der Waals surface area contributed by atoms with E-state index in [1.54, 1.807) is 17.5 Å². The molecule has 6 nitrogen and oxygen atoms in total. The number of Topliss-reactive ketones (excluding diaryl/α,β-unsaturated/α-hetero) is 1. The third-order valence-electron chi connectivity index (χ3n) is 2.61. The van der Waals surface area contributed by atoms with Crippen LogP contribution in [0.2, 0.25) is 0 Å². The number of methoxy groups -OCH3 is 1. The van der Waals surface area contributed by atoms with E-state index < -0.39 is 5.97 Å². The number of hydrogen-bond donors (Lipinski definition) is 1. The van der Waals surface area contributed by atoms with Crippen LogP contribution in [-0.4, -0.2) is 24.6 Å². The predicted molar refractivity (Wildman–Crippen MR) is 70.1 cm³/mol. The Morgan fingerprint density at radius 3 is 2.89 bits per heavy atom. The van der Waals surface area contributed by atoms with Crippen molar-refractivity contribution in [3.63, 3.8) is 0 Å². The number of nitrogens with one attached hydrogen (secondary N) is 1. The highest BCUT2D eigenvalue weighted by Gasteiger charge is 2.33. The van der Waals surface area contributed by atoms with Gasteiger partial charge in [0.05, 0.1) is 12.8 Å². The summed E-state index contributed by atoms with van der Waals surface area (Å²) < 4.78 is 4.62. The first-order valence-electron chi connectivity index (χ1n) is 5.61. The van der Waals surface area contributed by atoms with Crippen molar-refractivity contribution in [1.29, 1.82) is 5.26 Å². The number of esters is 1. The summed E-state index contributed by atoms with van der Waals surface area (Å²) in [5, 5.41) is 14.4. The summed E-state index contributed by atoms with van der Waals surface area (Å²) in [6, 6.07) is 3.41. The van der Waals surface area contributed by atoms with Gasteiger partial charge in [-0.2, -0.15) is 10.4 Å². The summed E-state index contributed by atoms with van der Waals surface area (Å²) in [6.45, 7) is 0. The lowest BCUT2D eigenvalue weighted by atomic mass is 10.2. The van der Waals surface area contributed by atoms with Gasteiger partial charge in [0.15, 0.2) is 5.78 Å². The SMILES string of the molecule is COC(=O)c1sccc1NN=C(C#N)C(=O)C1CC1. The van der Waals surface area contributed by atoms with Crippen molar-refractivity contribution in [2.24, 2.45) is 11.0 Å². The first-order chi connectivity index (χ1) is 9.17. The van der Waals surface area contributed by atoms with E-state index in [1.807, 2.05) is 0 Å². The molecule has 1 heterocycles. The number of hydrogen-bond acceptors (Lipinski definition) is 7. The molecule has 0 spiro atoms. The standard InChI is InChI=1S/C12H11N3O3S/c1-18-12(17)11-8(4-5-19-11)14-15-9(6-13)10(16)7-2-3-7/h4-5,7,14H,2-3H2,1H3. The number of ether oxygens (including phenoxy) is 1. The summed E-state index contributed by atoms with van der Waals surface area (Å²) in [4.78, 5) is 23.5. The highest BCUT2D eigenvalue weighted by atomic mass is 32.1. The number of anilines is 1. The van der Waals surface area contributed by atoms with Crippen LogP contribution < -0.4 is 5.43 Å². The van der Waals surface area contributed by atoms with Crippen LogP contribution in [0.1, 0.15) is 22.5 Å². The molecule has 0 amide bonds. The number of ketones is 1. The van der Waals surface area contributed by atoms with Gasteiger partial charge in [-0.25, -0.2) is 4.79 Å². The van der Waals surface area contributed by atoms with Crippen molar-refractivity contribution in [3.8, 4) is 6.07 Å². The molecule has 1 saturated carbocycles. The minimum absolute atomic E-state index is 0.0669. The largest absolute Gasteiger partial charge is 0.465 e. The Hall–Kier alpha value is -2.20. The average Bonchev–Trinajstić information content (AvgIpc) is 3.17. The number of hydrazone groups is 1. The monoisotopic (exact) mass is 277 g/mol. The van der Waals surface area contributed by atoms with Crippen LogP contribution in [0.4, 0.5) is 5.69 Å². The molecule has 1 aliphatic rings. The van der Waals surface area contributed by atoms with E-state index in [2.05, 4.69) is 15.3 Å². The van der Waals surface area contributed by atoms with E-state index >= 15 is 0 Å². The van der Waals surface area contributed by atoms with Crippen molar-refractivity contribution in [2.45, 2.75) is 12.8 Å². The van der Waals surface area contributed by atoms with Gasteiger partial charge in [0.1, 0.15) is 10.9 Å². The Bertz CT molecular complexity index is 581. The molecule has 1 fully saturated rings. The zero-order valence-electron chi connectivity index (χ0n) is 10.2. The smallest absolute Gasteiger partial charge is 0.350 e. The summed E-state index contributed by atoms with van der Waals surface area (Å²) in [7, 11) is 1.28. The molecule has 0 unspecified atom stereocenters. The molecule has 1 aromatic heterocycles. The molecule has 1 aliphatic carbocycles. The minimum atomic E-state index is -0.486. The fraction of sp³-hybridized carbons (Fsp3) is 0.333. The summed E-state index contributed by atoms with van der Waals surface area (Å²) in [6.07, 6.45) is 1.62. The van der Waals surface area contributed by atoms with Crippen LogP contribution in [-0.2, 0) is 9.53 Å². The molecule has 0 atom stereocenters. The van der Waals surface area contributed by atoms with Crippen molar-refractivity contribution in [3.05, 3.63) is 16.3 Å². The maximum absolute atomic E-state index is 11.7. The fourth-order valence-electron chi connectivity index (χ4n) is 1.44. The molecule has 19 heavy (non-hydrogen) atoms.